The fourth-order valence-electron chi connectivity index (χ4n) is 2.51. The van der Waals surface area contributed by atoms with Crippen molar-refractivity contribution in [1.82, 2.24) is 0 Å². The molecule has 0 aromatic heterocycles. The van der Waals surface area contributed by atoms with Crippen LogP contribution in [0, 0.1) is 0 Å². The van der Waals surface area contributed by atoms with Gasteiger partial charge in [0.15, 0.2) is 6.29 Å². The molecule has 0 heterocycles. The summed E-state index contributed by atoms with van der Waals surface area (Å²) in [4.78, 5) is 10.9. The van der Waals surface area contributed by atoms with Crippen molar-refractivity contribution in [3.05, 3.63) is 83.9 Å². The molecule has 3 rings (SSSR count). The van der Waals surface area contributed by atoms with Crippen LogP contribution in [0.3, 0.4) is 0 Å². The molecule has 0 unspecified atom stereocenters. The second-order valence-electron chi connectivity index (χ2n) is 5.46. The number of hydrogen-bond acceptors (Lipinski definition) is 3. The van der Waals surface area contributed by atoms with E-state index < -0.39 is 12.3 Å². The van der Waals surface area contributed by atoms with Crippen LogP contribution < -0.4 is 0 Å². The molecule has 0 aliphatic carbocycles. The molecule has 0 atom stereocenters. The molecule has 0 saturated heterocycles. The Morgan fingerprint density at radius 2 is 0.958 bits per heavy atom. The Morgan fingerprint density at radius 1 is 0.625 bits per heavy atom. The Labute approximate surface area is 139 Å². The van der Waals surface area contributed by atoms with Crippen LogP contribution in [-0.2, 0) is 0 Å². The first-order valence-corrected chi connectivity index (χ1v) is 7.45. The second-order valence-corrected chi connectivity index (χ2v) is 5.46. The Hall–Kier alpha value is -2.95. The average molecular weight is 320 g/mol. The number of aromatic carboxylic acids is 1. The zero-order valence-corrected chi connectivity index (χ0v) is 12.8. The molecule has 4 nitrogen and oxygen atoms in total. The molecule has 0 saturated carbocycles. The van der Waals surface area contributed by atoms with Crippen molar-refractivity contribution in [2.45, 2.75) is 6.29 Å². The Morgan fingerprint density at radius 3 is 1.29 bits per heavy atom. The van der Waals surface area contributed by atoms with Crippen LogP contribution in [0.1, 0.15) is 22.2 Å². The van der Waals surface area contributed by atoms with Crippen LogP contribution >= 0.6 is 0 Å². The van der Waals surface area contributed by atoms with E-state index in [9.17, 15) is 4.79 Å². The molecule has 3 N–H and O–H groups in total. The predicted molar refractivity (Wildman–Crippen MR) is 91.5 cm³/mol. The number of rotatable bonds is 4. The van der Waals surface area contributed by atoms with Gasteiger partial charge in [0.05, 0.1) is 5.56 Å². The highest BCUT2D eigenvalue weighted by Crippen LogP contribution is 2.26. The van der Waals surface area contributed by atoms with Crippen LogP contribution in [0.15, 0.2) is 72.8 Å². The summed E-state index contributed by atoms with van der Waals surface area (Å²) < 4.78 is 0. The second kappa shape index (κ2) is 6.66. The number of carbonyl (C=O) groups is 1. The van der Waals surface area contributed by atoms with Crippen molar-refractivity contribution in [1.29, 1.82) is 0 Å². The van der Waals surface area contributed by atoms with Crippen molar-refractivity contribution in [2.24, 2.45) is 0 Å². The van der Waals surface area contributed by atoms with Crippen LogP contribution in [0.2, 0.25) is 0 Å². The molecule has 0 aliphatic heterocycles. The first-order valence-electron chi connectivity index (χ1n) is 7.45. The van der Waals surface area contributed by atoms with Gasteiger partial charge in [-0.2, -0.15) is 0 Å². The molecule has 24 heavy (non-hydrogen) atoms. The third-order valence-electron chi connectivity index (χ3n) is 3.89. The lowest BCUT2D eigenvalue weighted by Gasteiger charge is -2.07. The number of carboxylic acid groups (broad SMARTS) is 1. The maximum absolute atomic E-state index is 10.9. The molecule has 3 aromatic rings. The lowest BCUT2D eigenvalue weighted by Crippen LogP contribution is -1.95. The van der Waals surface area contributed by atoms with Crippen molar-refractivity contribution in [3.63, 3.8) is 0 Å². The standard InChI is InChI=1S/C20H16O4/c21-19(22)17-9-5-15(6-10-17)13-1-2-14(4-3-13)16-7-11-18(12-8-16)20(23)24/h1-12,19,21-22H,(H,23,24). The largest absolute Gasteiger partial charge is 0.478 e. The summed E-state index contributed by atoms with van der Waals surface area (Å²) in [7, 11) is 0. The molecule has 0 fully saturated rings. The van der Waals surface area contributed by atoms with Crippen molar-refractivity contribution in [3.8, 4) is 22.3 Å². The van der Waals surface area contributed by atoms with Gasteiger partial charge < -0.3 is 15.3 Å². The molecular formula is C20H16O4. The van der Waals surface area contributed by atoms with Crippen molar-refractivity contribution < 1.29 is 20.1 Å². The van der Waals surface area contributed by atoms with Crippen LogP contribution in [-0.4, -0.2) is 21.3 Å². The van der Waals surface area contributed by atoms with Gasteiger partial charge in [-0.3, -0.25) is 0 Å². The van der Waals surface area contributed by atoms with Gasteiger partial charge in [0.1, 0.15) is 0 Å². The van der Waals surface area contributed by atoms with Gasteiger partial charge in [0.25, 0.3) is 0 Å². The van der Waals surface area contributed by atoms with Crippen molar-refractivity contribution in [2.75, 3.05) is 0 Å². The zero-order chi connectivity index (χ0) is 17.1. The zero-order valence-electron chi connectivity index (χ0n) is 12.8. The summed E-state index contributed by atoms with van der Waals surface area (Å²) in [6.45, 7) is 0. The summed E-state index contributed by atoms with van der Waals surface area (Å²) in [6.07, 6.45) is -1.46. The number of hydrogen-bond donors (Lipinski definition) is 3. The van der Waals surface area contributed by atoms with E-state index in [-0.39, 0.29) is 5.56 Å². The number of aliphatic hydroxyl groups is 2. The molecular weight excluding hydrogens is 304 g/mol. The summed E-state index contributed by atoms with van der Waals surface area (Å²) in [5.41, 5.74) is 4.66. The Balaban J connectivity index is 1.83. The smallest absolute Gasteiger partial charge is 0.335 e. The summed E-state index contributed by atoms with van der Waals surface area (Å²) in [5, 5.41) is 27.2. The molecule has 3 aromatic carbocycles. The molecule has 0 radical (unpaired) electrons. The minimum Gasteiger partial charge on any atom is -0.478 e. The fourth-order valence-corrected chi connectivity index (χ4v) is 2.51. The van der Waals surface area contributed by atoms with Crippen LogP contribution in [0.4, 0.5) is 0 Å². The normalized spacial score (nSPS) is 10.8. The number of aliphatic hydroxyl groups excluding tert-OH is 1. The quantitative estimate of drug-likeness (QED) is 0.641. The fraction of sp³-hybridized carbons (Fsp3) is 0.0500. The number of benzene rings is 3. The third kappa shape index (κ3) is 3.35. The Bertz CT molecular complexity index is 832. The average Bonchev–Trinajstić information content (AvgIpc) is 2.62. The van der Waals surface area contributed by atoms with Crippen LogP contribution in [0.5, 0.6) is 0 Å². The molecule has 120 valence electrons. The van der Waals surface area contributed by atoms with E-state index >= 15 is 0 Å². The lowest BCUT2D eigenvalue weighted by molar-refractivity contribution is -0.0424. The summed E-state index contributed by atoms with van der Waals surface area (Å²) in [5.74, 6) is -0.937. The van der Waals surface area contributed by atoms with E-state index in [2.05, 4.69) is 0 Å². The Kier molecular flexibility index (Phi) is 4.42. The lowest BCUT2D eigenvalue weighted by atomic mass is 9.99. The maximum atomic E-state index is 10.9. The molecule has 0 spiro atoms. The van der Waals surface area contributed by atoms with Gasteiger partial charge in [-0.1, -0.05) is 60.7 Å². The van der Waals surface area contributed by atoms with E-state index in [0.717, 1.165) is 22.3 Å². The van der Waals surface area contributed by atoms with E-state index in [4.69, 9.17) is 15.3 Å². The van der Waals surface area contributed by atoms with Crippen LogP contribution in [0.25, 0.3) is 22.3 Å². The van der Waals surface area contributed by atoms with Gasteiger partial charge >= 0.3 is 5.97 Å². The highest BCUT2D eigenvalue weighted by Gasteiger charge is 2.05. The summed E-state index contributed by atoms with van der Waals surface area (Å²) >= 11 is 0. The van der Waals surface area contributed by atoms with Gasteiger partial charge in [-0.05, 0) is 34.4 Å². The highest BCUT2D eigenvalue weighted by atomic mass is 16.5. The van der Waals surface area contributed by atoms with E-state index in [1.165, 1.54) is 0 Å². The SMILES string of the molecule is O=C(O)c1ccc(-c2ccc(-c3ccc(C(O)O)cc3)cc2)cc1. The van der Waals surface area contributed by atoms with Gasteiger partial charge in [0.2, 0.25) is 0 Å². The highest BCUT2D eigenvalue weighted by molar-refractivity contribution is 5.88. The van der Waals surface area contributed by atoms with Gasteiger partial charge in [-0.15, -0.1) is 0 Å². The molecule has 0 bridgehead atoms. The van der Waals surface area contributed by atoms with Gasteiger partial charge in [-0.25, -0.2) is 4.79 Å². The third-order valence-corrected chi connectivity index (χ3v) is 3.89. The first-order chi connectivity index (χ1) is 11.5. The monoisotopic (exact) mass is 320 g/mol. The predicted octanol–water partition coefficient (Wildman–Crippen LogP) is 3.70. The number of carboxylic acids is 1. The first kappa shape index (κ1) is 15.9. The molecule has 0 amide bonds. The van der Waals surface area contributed by atoms with E-state index in [0.29, 0.717) is 5.56 Å². The van der Waals surface area contributed by atoms with E-state index in [1.54, 1.807) is 36.4 Å². The molecule has 0 aliphatic rings. The minimum atomic E-state index is -1.46. The van der Waals surface area contributed by atoms with Crippen molar-refractivity contribution >= 4 is 5.97 Å². The maximum Gasteiger partial charge on any atom is 0.335 e. The minimum absolute atomic E-state index is 0.265. The van der Waals surface area contributed by atoms with E-state index in [1.807, 2.05) is 36.4 Å². The topological polar surface area (TPSA) is 77.8 Å². The van der Waals surface area contributed by atoms with Gasteiger partial charge in [0, 0.05) is 5.56 Å². The molecule has 4 heteroatoms. The summed E-state index contributed by atoms with van der Waals surface area (Å²) in [6, 6.07) is 21.7.